The fourth-order valence-corrected chi connectivity index (χ4v) is 2.79. The highest BCUT2D eigenvalue weighted by molar-refractivity contribution is 7.98. The van der Waals surface area contributed by atoms with Gasteiger partial charge in [0.1, 0.15) is 5.75 Å². The van der Waals surface area contributed by atoms with Crippen LogP contribution in [-0.2, 0) is 0 Å². The van der Waals surface area contributed by atoms with Gasteiger partial charge < -0.3 is 9.47 Å². The van der Waals surface area contributed by atoms with Crippen LogP contribution in [0.15, 0.2) is 22.4 Å². The molecule has 0 aliphatic carbocycles. The van der Waals surface area contributed by atoms with Gasteiger partial charge in [-0.1, -0.05) is 25.6 Å². The molecule has 1 aromatic carbocycles. The fraction of sp³-hybridized carbons (Fsp3) is 0.471. The van der Waals surface area contributed by atoms with E-state index in [-0.39, 0.29) is 17.4 Å². The van der Waals surface area contributed by atoms with Crippen LogP contribution in [0.1, 0.15) is 45.0 Å². The summed E-state index contributed by atoms with van der Waals surface area (Å²) in [6.07, 6.45) is 3.40. The van der Waals surface area contributed by atoms with Crippen LogP contribution in [0.5, 0.6) is 11.5 Å². The Balaban J connectivity index is 2.54. The van der Waals surface area contributed by atoms with Gasteiger partial charge in [0.15, 0.2) is 5.82 Å². The van der Waals surface area contributed by atoms with Crippen molar-refractivity contribution in [1.29, 1.82) is 0 Å². The SMILES string of the molecule is CCOc1cc(OCC)c([N+](=O)[O-])cc1/C=N\n1c(SC)nnc1C(C)C. The summed E-state index contributed by atoms with van der Waals surface area (Å²) in [5.41, 5.74) is 0.335. The highest BCUT2D eigenvalue weighted by Gasteiger charge is 2.20. The van der Waals surface area contributed by atoms with E-state index in [2.05, 4.69) is 15.3 Å². The molecule has 0 amide bonds. The molecule has 2 rings (SSSR count). The van der Waals surface area contributed by atoms with Crippen molar-refractivity contribution in [3.05, 3.63) is 33.6 Å². The maximum atomic E-state index is 11.4. The van der Waals surface area contributed by atoms with Crippen molar-refractivity contribution in [2.24, 2.45) is 5.10 Å². The van der Waals surface area contributed by atoms with Gasteiger partial charge in [-0.05, 0) is 20.1 Å². The summed E-state index contributed by atoms with van der Waals surface area (Å²) in [5.74, 6) is 1.45. The predicted molar refractivity (Wildman–Crippen MR) is 104 cm³/mol. The molecule has 0 spiro atoms. The average Bonchev–Trinajstić information content (AvgIpc) is 3.04. The molecule has 1 aromatic heterocycles. The van der Waals surface area contributed by atoms with Crippen LogP contribution < -0.4 is 9.47 Å². The number of hydrogen-bond acceptors (Lipinski definition) is 8. The van der Waals surface area contributed by atoms with E-state index < -0.39 is 4.92 Å². The van der Waals surface area contributed by atoms with E-state index in [0.717, 1.165) is 0 Å². The fourth-order valence-electron chi connectivity index (χ4n) is 2.35. The number of benzene rings is 1. The Morgan fingerprint density at radius 2 is 1.93 bits per heavy atom. The molecule has 0 bridgehead atoms. The van der Waals surface area contributed by atoms with Crippen molar-refractivity contribution >= 4 is 23.7 Å². The van der Waals surface area contributed by atoms with Crippen molar-refractivity contribution in [3.8, 4) is 11.5 Å². The lowest BCUT2D eigenvalue weighted by molar-refractivity contribution is -0.385. The van der Waals surface area contributed by atoms with Crippen molar-refractivity contribution in [2.45, 2.75) is 38.8 Å². The Kier molecular flexibility index (Phi) is 7.17. The second-order valence-electron chi connectivity index (χ2n) is 5.74. The highest BCUT2D eigenvalue weighted by atomic mass is 32.2. The van der Waals surface area contributed by atoms with Gasteiger partial charge in [0.05, 0.1) is 24.4 Å². The first-order valence-corrected chi connectivity index (χ1v) is 9.77. The van der Waals surface area contributed by atoms with E-state index >= 15 is 0 Å². The topological polar surface area (TPSA) is 105 Å². The molecule has 0 radical (unpaired) electrons. The van der Waals surface area contributed by atoms with Gasteiger partial charge in [-0.25, -0.2) is 0 Å². The Bertz CT molecular complexity index is 835. The van der Waals surface area contributed by atoms with E-state index in [9.17, 15) is 10.1 Å². The van der Waals surface area contributed by atoms with Crippen LogP contribution in [0, 0.1) is 10.1 Å². The third-order valence-electron chi connectivity index (χ3n) is 3.54. The molecule has 10 heteroatoms. The van der Waals surface area contributed by atoms with E-state index in [1.165, 1.54) is 30.1 Å². The third-order valence-corrected chi connectivity index (χ3v) is 4.15. The lowest BCUT2D eigenvalue weighted by atomic mass is 10.1. The zero-order valence-corrected chi connectivity index (χ0v) is 16.8. The van der Waals surface area contributed by atoms with Gasteiger partial charge in [-0.15, -0.1) is 10.2 Å². The van der Waals surface area contributed by atoms with Gasteiger partial charge in [0, 0.05) is 23.6 Å². The molecule has 0 N–H and O–H groups in total. The molecule has 27 heavy (non-hydrogen) atoms. The first kappa shape index (κ1) is 20.7. The minimum Gasteiger partial charge on any atom is -0.493 e. The normalized spacial score (nSPS) is 11.3. The molecule has 0 atom stereocenters. The summed E-state index contributed by atoms with van der Waals surface area (Å²) in [7, 11) is 0. The van der Waals surface area contributed by atoms with Crippen LogP contribution in [-0.4, -0.2) is 45.5 Å². The van der Waals surface area contributed by atoms with E-state index in [1.54, 1.807) is 11.6 Å². The minimum atomic E-state index is -0.482. The van der Waals surface area contributed by atoms with Gasteiger partial charge in [-0.2, -0.15) is 9.78 Å². The largest absolute Gasteiger partial charge is 0.493 e. The van der Waals surface area contributed by atoms with Crippen molar-refractivity contribution in [2.75, 3.05) is 19.5 Å². The number of aromatic nitrogens is 3. The van der Waals surface area contributed by atoms with Gasteiger partial charge in [0.2, 0.25) is 10.9 Å². The predicted octanol–water partition coefficient (Wildman–Crippen LogP) is 3.71. The Hall–Kier alpha value is -2.62. The summed E-state index contributed by atoms with van der Waals surface area (Å²) in [5, 5.41) is 24.8. The van der Waals surface area contributed by atoms with Crippen LogP contribution in [0.25, 0.3) is 0 Å². The molecule has 9 nitrogen and oxygen atoms in total. The smallest absolute Gasteiger partial charge is 0.311 e. The molecule has 0 saturated heterocycles. The standard InChI is InChI=1S/C17H23N5O4S/c1-6-25-14-9-15(26-7-2)13(22(23)24)8-12(14)10-18-21-16(11(3)4)19-20-17(21)27-5/h8-11H,6-7H2,1-5H3/b18-10-. The zero-order valence-electron chi connectivity index (χ0n) is 16.0. The first-order valence-electron chi connectivity index (χ1n) is 8.54. The molecular formula is C17H23N5O4S. The number of hydrogen-bond donors (Lipinski definition) is 0. The lowest BCUT2D eigenvalue weighted by Gasteiger charge is -2.11. The van der Waals surface area contributed by atoms with Gasteiger partial charge >= 0.3 is 5.69 Å². The molecule has 0 unspecified atom stereocenters. The number of rotatable bonds is 9. The maximum absolute atomic E-state index is 11.4. The van der Waals surface area contributed by atoms with Gasteiger partial charge in [0.25, 0.3) is 0 Å². The van der Waals surface area contributed by atoms with Crippen LogP contribution in [0.3, 0.4) is 0 Å². The number of nitro benzene ring substituents is 1. The molecule has 0 aliphatic heterocycles. The van der Waals surface area contributed by atoms with Crippen molar-refractivity contribution < 1.29 is 14.4 Å². The summed E-state index contributed by atoms with van der Waals surface area (Å²) in [4.78, 5) is 10.9. The molecular weight excluding hydrogens is 370 g/mol. The summed E-state index contributed by atoms with van der Waals surface area (Å²) in [6, 6.07) is 2.93. The number of thioether (sulfide) groups is 1. The Labute approximate surface area is 161 Å². The highest BCUT2D eigenvalue weighted by Crippen LogP contribution is 2.34. The third kappa shape index (κ3) is 4.76. The molecule has 146 valence electrons. The van der Waals surface area contributed by atoms with E-state index in [0.29, 0.717) is 35.5 Å². The quantitative estimate of drug-likeness (QED) is 0.277. The first-order chi connectivity index (χ1) is 12.9. The summed E-state index contributed by atoms with van der Waals surface area (Å²) in [6.45, 7) is 8.31. The average molecular weight is 393 g/mol. The minimum absolute atomic E-state index is 0.122. The van der Waals surface area contributed by atoms with Crippen LogP contribution in [0.4, 0.5) is 5.69 Å². The zero-order chi connectivity index (χ0) is 20.0. The lowest BCUT2D eigenvalue weighted by Crippen LogP contribution is -2.04. The molecule has 0 fully saturated rings. The number of nitro groups is 1. The van der Waals surface area contributed by atoms with Crippen LogP contribution >= 0.6 is 11.8 Å². The second-order valence-corrected chi connectivity index (χ2v) is 6.51. The van der Waals surface area contributed by atoms with Crippen molar-refractivity contribution in [1.82, 2.24) is 14.9 Å². The number of nitrogens with zero attached hydrogens (tertiary/aromatic N) is 5. The monoisotopic (exact) mass is 393 g/mol. The summed E-state index contributed by atoms with van der Waals surface area (Å²) < 4.78 is 12.6. The molecule has 0 aliphatic rings. The van der Waals surface area contributed by atoms with E-state index in [1.807, 2.05) is 27.0 Å². The van der Waals surface area contributed by atoms with Crippen molar-refractivity contribution in [3.63, 3.8) is 0 Å². The van der Waals surface area contributed by atoms with Gasteiger partial charge in [-0.3, -0.25) is 10.1 Å². The molecule has 1 heterocycles. The summed E-state index contributed by atoms with van der Waals surface area (Å²) >= 11 is 1.42. The Morgan fingerprint density at radius 3 is 2.48 bits per heavy atom. The van der Waals surface area contributed by atoms with E-state index in [4.69, 9.17) is 9.47 Å². The molecule has 0 saturated carbocycles. The molecule has 2 aromatic rings. The second kappa shape index (κ2) is 9.36. The maximum Gasteiger partial charge on any atom is 0.311 e. The number of ether oxygens (including phenoxy) is 2. The Morgan fingerprint density at radius 1 is 1.26 bits per heavy atom. The van der Waals surface area contributed by atoms with Crippen LogP contribution in [0.2, 0.25) is 0 Å².